The summed E-state index contributed by atoms with van der Waals surface area (Å²) in [6, 6.07) is 15.1. The molecule has 1 fully saturated rings. The van der Waals surface area contributed by atoms with E-state index in [-0.39, 0.29) is 4.90 Å². The molecule has 4 heterocycles. The van der Waals surface area contributed by atoms with Crippen molar-refractivity contribution in [1.29, 1.82) is 0 Å². The fourth-order valence-electron chi connectivity index (χ4n) is 3.92. The first-order chi connectivity index (χ1) is 15.6. The van der Waals surface area contributed by atoms with Crippen molar-refractivity contribution < 1.29 is 13.2 Å². The molecule has 0 spiro atoms. The molecule has 0 saturated carbocycles. The van der Waals surface area contributed by atoms with Crippen LogP contribution in [-0.4, -0.2) is 58.8 Å². The molecule has 1 aliphatic heterocycles. The van der Waals surface area contributed by atoms with Crippen molar-refractivity contribution in [3.63, 3.8) is 0 Å². The lowest BCUT2D eigenvalue weighted by Crippen LogP contribution is -2.48. The number of fused-ring (bicyclic) bond motifs is 1. The molecule has 5 rings (SSSR count). The summed E-state index contributed by atoms with van der Waals surface area (Å²) in [7, 11) is -3.59. The highest BCUT2D eigenvalue weighted by Crippen LogP contribution is 2.28. The third-order valence-corrected chi connectivity index (χ3v) is 7.53. The predicted molar refractivity (Wildman–Crippen MR) is 121 cm³/mol. The Balaban J connectivity index is 1.27. The molecular weight excluding hydrogens is 426 g/mol. The van der Waals surface area contributed by atoms with Crippen molar-refractivity contribution in [3.8, 4) is 11.5 Å². The summed E-state index contributed by atoms with van der Waals surface area (Å²) in [6.07, 6.45) is 6.56. The number of H-pyrrole nitrogens is 1. The van der Waals surface area contributed by atoms with E-state index in [1.807, 2.05) is 36.4 Å². The minimum atomic E-state index is -3.59. The Morgan fingerprint density at radius 2 is 1.78 bits per heavy atom. The second kappa shape index (κ2) is 8.70. The predicted octanol–water partition coefficient (Wildman–Crippen LogP) is 3.26. The van der Waals surface area contributed by atoms with Crippen LogP contribution in [0.3, 0.4) is 0 Å². The number of nitrogens with zero attached hydrogens (tertiary/aromatic N) is 4. The van der Waals surface area contributed by atoms with Crippen molar-refractivity contribution in [1.82, 2.24) is 24.2 Å². The van der Waals surface area contributed by atoms with Gasteiger partial charge in [-0.2, -0.15) is 4.31 Å². The number of sulfonamides is 1. The Bertz CT molecular complexity index is 1320. The number of hydrogen-bond donors (Lipinski definition) is 1. The highest BCUT2D eigenvalue weighted by molar-refractivity contribution is 7.89. The van der Waals surface area contributed by atoms with E-state index in [0.29, 0.717) is 49.5 Å². The van der Waals surface area contributed by atoms with Gasteiger partial charge in [0.15, 0.2) is 0 Å². The van der Waals surface area contributed by atoms with Gasteiger partial charge in [-0.25, -0.2) is 13.4 Å². The molecular formula is C23H23N5O3S. The van der Waals surface area contributed by atoms with Gasteiger partial charge < -0.3 is 9.72 Å². The van der Waals surface area contributed by atoms with Crippen molar-refractivity contribution in [2.24, 2.45) is 0 Å². The van der Waals surface area contributed by atoms with E-state index in [1.54, 1.807) is 35.0 Å². The molecule has 32 heavy (non-hydrogen) atoms. The van der Waals surface area contributed by atoms with Crippen LogP contribution in [0.15, 0.2) is 78.2 Å². The van der Waals surface area contributed by atoms with E-state index < -0.39 is 10.0 Å². The molecule has 3 aromatic heterocycles. The third kappa shape index (κ3) is 4.10. The Labute approximate surface area is 186 Å². The van der Waals surface area contributed by atoms with Gasteiger partial charge in [0.1, 0.15) is 22.0 Å². The minimum Gasteiger partial charge on any atom is -0.455 e. The van der Waals surface area contributed by atoms with Crippen LogP contribution >= 0.6 is 0 Å². The quantitative estimate of drug-likeness (QED) is 0.486. The fraction of sp³-hybridized carbons (Fsp3) is 0.217. The molecule has 0 amide bonds. The van der Waals surface area contributed by atoms with Gasteiger partial charge in [0, 0.05) is 62.3 Å². The molecule has 4 aromatic rings. The smallest absolute Gasteiger partial charge is 0.245 e. The average Bonchev–Trinajstić information content (AvgIpc) is 3.27. The Morgan fingerprint density at radius 1 is 0.969 bits per heavy atom. The molecule has 1 N–H and O–H groups in total. The monoisotopic (exact) mass is 449 g/mol. The van der Waals surface area contributed by atoms with Gasteiger partial charge in [0.2, 0.25) is 10.0 Å². The molecule has 0 unspecified atom stereocenters. The van der Waals surface area contributed by atoms with Gasteiger partial charge in [-0.3, -0.25) is 9.88 Å². The summed E-state index contributed by atoms with van der Waals surface area (Å²) in [5.41, 5.74) is 1.63. The molecule has 0 radical (unpaired) electrons. The Kier molecular flexibility index (Phi) is 5.60. The van der Waals surface area contributed by atoms with E-state index >= 15 is 0 Å². The van der Waals surface area contributed by atoms with Crippen LogP contribution in [0.4, 0.5) is 0 Å². The number of pyridine rings is 2. The van der Waals surface area contributed by atoms with Gasteiger partial charge in [0.25, 0.3) is 0 Å². The first-order valence-electron chi connectivity index (χ1n) is 10.4. The van der Waals surface area contributed by atoms with Gasteiger partial charge in [-0.1, -0.05) is 18.2 Å². The topological polar surface area (TPSA) is 91.4 Å². The molecule has 0 bridgehead atoms. The second-order valence-corrected chi connectivity index (χ2v) is 9.54. The zero-order valence-corrected chi connectivity index (χ0v) is 18.2. The number of aromatic amines is 1. The van der Waals surface area contributed by atoms with E-state index in [1.165, 1.54) is 6.20 Å². The van der Waals surface area contributed by atoms with Crippen molar-refractivity contribution >= 4 is 21.1 Å². The van der Waals surface area contributed by atoms with Gasteiger partial charge >= 0.3 is 0 Å². The SMILES string of the molecule is O=S(=O)(c1c[nH]c2ncccc12)N1CCN(Cc2ccccc2Oc2cccnc2)CC1. The summed E-state index contributed by atoms with van der Waals surface area (Å²) >= 11 is 0. The summed E-state index contributed by atoms with van der Waals surface area (Å²) in [4.78, 5) is 13.8. The Hall–Kier alpha value is -3.27. The van der Waals surface area contributed by atoms with Crippen LogP contribution in [0.5, 0.6) is 11.5 Å². The molecule has 0 aliphatic carbocycles. The first kappa shape index (κ1) is 20.6. The summed E-state index contributed by atoms with van der Waals surface area (Å²) in [5, 5.41) is 0.622. The first-order valence-corrected chi connectivity index (χ1v) is 11.9. The van der Waals surface area contributed by atoms with E-state index in [2.05, 4.69) is 19.9 Å². The highest BCUT2D eigenvalue weighted by atomic mass is 32.2. The van der Waals surface area contributed by atoms with Crippen LogP contribution < -0.4 is 4.74 Å². The van der Waals surface area contributed by atoms with Crippen LogP contribution in [0, 0.1) is 0 Å². The van der Waals surface area contributed by atoms with E-state index in [9.17, 15) is 8.42 Å². The molecule has 8 nitrogen and oxygen atoms in total. The number of para-hydroxylation sites is 1. The van der Waals surface area contributed by atoms with Crippen molar-refractivity contribution in [3.05, 3.63) is 78.9 Å². The van der Waals surface area contributed by atoms with Crippen molar-refractivity contribution in [2.75, 3.05) is 26.2 Å². The zero-order valence-electron chi connectivity index (χ0n) is 17.4. The number of hydrogen-bond acceptors (Lipinski definition) is 6. The third-order valence-electron chi connectivity index (χ3n) is 5.59. The zero-order chi connectivity index (χ0) is 22.0. The van der Waals surface area contributed by atoms with Gasteiger partial charge in [-0.15, -0.1) is 0 Å². The normalized spacial score (nSPS) is 15.8. The maximum Gasteiger partial charge on any atom is 0.245 e. The molecule has 0 atom stereocenters. The maximum atomic E-state index is 13.2. The lowest BCUT2D eigenvalue weighted by atomic mass is 10.1. The number of piperazine rings is 1. The number of rotatable bonds is 6. The molecule has 1 aromatic carbocycles. The lowest BCUT2D eigenvalue weighted by Gasteiger charge is -2.34. The van der Waals surface area contributed by atoms with Gasteiger partial charge in [-0.05, 0) is 30.3 Å². The summed E-state index contributed by atoms with van der Waals surface area (Å²) < 4.78 is 34.0. The summed E-state index contributed by atoms with van der Waals surface area (Å²) in [5.74, 6) is 1.46. The number of ether oxygens (including phenoxy) is 1. The second-order valence-electron chi connectivity index (χ2n) is 7.63. The van der Waals surface area contributed by atoms with Crippen LogP contribution in [0.1, 0.15) is 5.56 Å². The minimum absolute atomic E-state index is 0.282. The number of benzene rings is 1. The highest BCUT2D eigenvalue weighted by Gasteiger charge is 2.30. The largest absolute Gasteiger partial charge is 0.455 e. The van der Waals surface area contributed by atoms with Crippen LogP contribution in [-0.2, 0) is 16.6 Å². The fourth-order valence-corrected chi connectivity index (χ4v) is 5.49. The van der Waals surface area contributed by atoms with Crippen molar-refractivity contribution in [2.45, 2.75) is 11.4 Å². The molecule has 1 aliphatic rings. The number of aromatic nitrogens is 3. The molecule has 164 valence electrons. The Morgan fingerprint density at radius 3 is 2.59 bits per heavy atom. The summed E-state index contributed by atoms with van der Waals surface area (Å²) in [6.45, 7) is 2.82. The molecule has 1 saturated heterocycles. The standard InChI is InChI=1S/C23H23N5O3S/c29-32(30,22-16-26-23-20(22)7-4-10-25-23)28-13-11-27(12-14-28)17-18-5-1-2-8-21(18)31-19-6-3-9-24-15-19/h1-10,15-16H,11-14,17H2,(H,25,26). The average molecular weight is 450 g/mol. The van der Waals surface area contributed by atoms with E-state index in [0.717, 1.165) is 11.3 Å². The molecule has 9 heteroatoms. The van der Waals surface area contributed by atoms with E-state index in [4.69, 9.17) is 4.74 Å². The maximum absolute atomic E-state index is 13.2. The van der Waals surface area contributed by atoms with Crippen LogP contribution in [0.2, 0.25) is 0 Å². The lowest BCUT2D eigenvalue weighted by molar-refractivity contribution is 0.180. The van der Waals surface area contributed by atoms with Crippen LogP contribution in [0.25, 0.3) is 11.0 Å². The number of nitrogens with one attached hydrogen (secondary N) is 1. The van der Waals surface area contributed by atoms with Gasteiger partial charge in [0.05, 0.1) is 6.20 Å².